The molecule has 2 aromatic heterocycles. The molecule has 1 aliphatic heterocycles. The first-order valence-corrected chi connectivity index (χ1v) is 10.2. The van der Waals surface area contributed by atoms with Crippen LogP contribution in [0.3, 0.4) is 0 Å². The van der Waals surface area contributed by atoms with E-state index in [1.54, 1.807) is 18.3 Å². The standard InChI is InChI=1S/C22H26N6O2.HI/c1-2-23-22(24-17-18-6-8-19(9-7-18)28-11-4-10-25-28)27-14-12-26(13-15-27)21(29)20-5-3-16-30-20;/h3-11,16H,2,12-15,17H2,1H3,(H,23,24);1H. The Hall–Kier alpha value is -2.82. The van der Waals surface area contributed by atoms with Crippen molar-refractivity contribution in [3.05, 3.63) is 72.4 Å². The van der Waals surface area contributed by atoms with Gasteiger partial charge in [0, 0.05) is 45.1 Å². The lowest BCUT2D eigenvalue weighted by Crippen LogP contribution is -2.53. The van der Waals surface area contributed by atoms with Gasteiger partial charge in [-0.15, -0.1) is 24.0 Å². The Balaban J connectivity index is 0.00000272. The van der Waals surface area contributed by atoms with Crippen molar-refractivity contribution in [3.63, 3.8) is 0 Å². The molecule has 8 nitrogen and oxygen atoms in total. The van der Waals surface area contributed by atoms with Crippen LogP contribution in [0.4, 0.5) is 0 Å². The molecule has 1 saturated heterocycles. The van der Waals surface area contributed by atoms with Gasteiger partial charge in [0.25, 0.3) is 5.91 Å². The molecule has 1 aliphatic rings. The van der Waals surface area contributed by atoms with Gasteiger partial charge in [-0.2, -0.15) is 5.10 Å². The first kappa shape index (κ1) is 22.9. The summed E-state index contributed by atoms with van der Waals surface area (Å²) in [6.07, 6.45) is 5.22. The molecule has 0 radical (unpaired) electrons. The van der Waals surface area contributed by atoms with Crippen LogP contribution in [0, 0.1) is 0 Å². The summed E-state index contributed by atoms with van der Waals surface area (Å²) in [4.78, 5) is 21.3. The molecular formula is C22H27IN6O2. The third-order valence-corrected chi connectivity index (χ3v) is 5.05. The van der Waals surface area contributed by atoms with Gasteiger partial charge in [0.05, 0.1) is 18.5 Å². The molecule has 0 spiro atoms. The molecule has 1 N–H and O–H groups in total. The first-order valence-electron chi connectivity index (χ1n) is 10.2. The molecule has 0 aliphatic carbocycles. The molecule has 0 saturated carbocycles. The van der Waals surface area contributed by atoms with Gasteiger partial charge >= 0.3 is 0 Å². The normalized spacial score (nSPS) is 14.3. The summed E-state index contributed by atoms with van der Waals surface area (Å²) in [5.41, 5.74) is 2.16. The number of hydrogen-bond acceptors (Lipinski definition) is 4. The van der Waals surface area contributed by atoms with Gasteiger partial charge in [-0.1, -0.05) is 12.1 Å². The second-order valence-electron chi connectivity index (χ2n) is 7.04. The number of carbonyl (C=O) groups is 1. The van der Waals surface area contributed by atoms with Crippen LogP contribution in [0.1, 0.15) is 23.0 Å². The van der Waals surface area contributed by atoms with Crippen LogP contribution in [0.15, 0.2) is 70.5 Å². The van der Waals surface area contributed by atoms with E-state index in [-0.39, 0.29) is 29.9 Å². The number of nitrogens with zero attached hydrogens (tertiary/aromatic N) is 5. The van der Waals surface area contributed by atoms with Crippen LogP contribution in [0.2, 0.25) is 0 Å². The fraction of sp³-hybridized carbons (Fsp3) is 0.318. The Bertz CT molecular complexity index is 962. The predicted octanol–water partition coefficient (Wildman–Crippen LogP) is 3.01. The minimum Gasteiger partial charge on any atom is -0.459 e. The van der Waals surface area contributed by atoms with E-state index in [9.17, 15) is 4.79 Å². The number of hydrogen-bond donors (Lipinski definition) is 1. The van der Waals surface area contributed by atoms with Gasteiger partial charge in [0.2, 0.25) is 0 Å². The van der Waals surface area contributed by atoms with Crippen molar-refractivity contribution < 1.29 is 9.21 Å². The topological polar surface area (TPSA) is 78.9 Å². The summed E-state index contributed by atoms with van der Waals surface area (Å²) < 4.78 is 7.07. The lowest BCUT2D eigenvalue weighted by molar-refractivity contribution is 0.0657. The number of aliphatic imine (C=N–C) groups is 1. The van der Waals surface area contributed by atoms with Gasteiger partial charge in [0.15, 0.2) is 11.7 Å². The highest BCUT2D eigenvalue weighted by molar-refractivity contribution is 14.0. The maximum Gasteiger partial charge on any atom is 0.289 e. The van der Waals surface area contributed by atoms with E-state index in [4.69, 9.17) is 9.41 Å². The summed E-state index contributed by atoms with van der Waals surface area (Å²) in [6.45, 7) is 6.19. The number of halogens is 1. The number of nitrogens with one attached hydrogen (secondary N) is 1. The predicted molar refractivity (Wildman–Crippen MR) is 130 cm³/mol. The zero-order valence-electron chi connectivity index (χ0n) is 17.5. The molecule has 31 heavy (non-hydrogen) atoms. The highest BCUT2D eigenvalue weighted by Crippen LogP contribution is 2.12. The monoisotopic (exact) mass is 534 g/mol. The number of guanidine groups is 1. The summed E-state index contributed by atoms with van der Waals surface area (Å²) in [5, 5.41) is 7.62. The van der Waals surface area contributed by atoms with E-state index in [0.29, 0.717) is 25.4 Å². The number of rotatable bonds is 5. The van der Waals surface area contributed by atoms with Crippen molar-refractivity contribution in [3.8, 4) is 5.69 Å². The molecule has 3 heterocycles. The number of amides is 1. The summed E-state index contributed by atoms with van der Waals surface area (Å²) in [6, 6.07) is 13.6. The maximum absolute atomic E-state index is 12.4. The number of furan rings is 1. The average Bonchev–Trinajstić information content (AvgIpc) is 3.51. The molecular weight excluding hydrogens is 507 g/mol. The van der Waals surface area contributed by atoms with Gasteiger partial charge in [-0.3, -0.25) is 4.79 Å². The van der Waals surface area contributed by atoms with Crippen LogP contribution >= 0.6 is 24.0 Å². The highest BCUT2D eigenvalue weighted by atomic mass is 127. The Kier molecular flexibility index (Phi) is 8.10. The van der Waals surface area contributed by atoms with Crippen LogP contribution in [0.5, 0.6) is 0 Å². The smallest absolute Gasteiger partial charge is 0.289 e. The van der Waals surface area contributed by atoms with Crippen LogP contribution in [-0.2, 0) is 6.54 Å². The van der Waals surface area contributed by atoms with E-state index < -0.39 is 0 Å². The zero-order valence-corrected chi connectivity index (χ0v) is 19.8. The molecule has 4 rings (SSSR count). The van der Waals surface area contributed by atoms with E-state index >= 15 is 0 Å². The van der Waals surface area contributed by atoms with E-state index in [1.807, 2.05) is 34.0 Å². The molecule has 164 valence electrons. The van der Waals surface area contributed by atoms with Crippen LogP contribution in [-0.4, -0.2) is 64.2 Å². The lowest BCUT2D eigenvalue weighted by atomic mass is 10.2. The van der Waals surface area contributed by atoms with Gasteiger partial charge in [0.1, 0.15) is 0 Å². The summed E-state index contributed by atoms with van der Waals surface area (Å²) >= 11 is 0. The summed E-state index contributed by atoms with van der Waals surface area (Å²) in [5.74, 6) is 1.21. The van der Waals surface area contributed by atoms with E-state index in [0.717, 1.165) is 36.8 Å². The second-order valence-corrected chi connectivity index (χ2v) is 7.04. The van der Waals surface area contributed by atoms with Crippen molar-refractivity contribution in [1.82, 2.24) is 24.9 Å². The molecule has 0 unspecified atom stereocenters. The number of benzene rings is 1. The third kappa shape index (κ3) is 5.66. The number of aromatic nitrogens is 2. The Morgan fingerprint density at radius 1 is 1.10 bits per heavy atom. The minimum absolute atomic E-state index is 0. The number of piperazine rings is 1. The second kappa shape index (κ2) is 11.0. The molecule has 0 atom stereocenters. The molecule has 1 amide bonds. The first-order chi connectivity index (χ1) is 14.7. The van der Waals surface area contributed by atoms with Gasteiger partial charge < -0.3 is 19.5 Å². The fourth-order valence-corrected chi connectivity index (χ4v) is 3.45. The molecule has 1 fully saturated rings. The Labute approximate surface area is 198 Å². The SMILES string of the molecule is CCNC(=NCc1ccc(-n2cccn2)cc1)N1CCN(C(=O)c2ccco2)CC1.I. The minimum atomic E-state index is -0.0566. The summed E-state index contributed by atoms with van der Waals surface area (Å²) in [7, 11) is 0. The van der Waals surface area contributed by atoms with Crippen molar-refractivity contribution in [2.45, 2.75) is 13.5 Å². The molecule has 9 heteroatoms. The Morgan fingerprint density at radius 3 is 2.45 bits per heavy atom. The largest absolute Gasteiger partial charge is 0.459 e. The molecule has 1 aromatic carbocycles. The average molecular weight is 534 g/mol. The number of carbonyl (C=O) groups excluding carboxylic acids is 1. The van der Waals surface area contributed by atoms with E-state index in [2.05, 4.69) is 34.4 Å². The quantitative estimate of drug-likeness (QED) is 0.310. The van der Waals surface area contributed by atoms with Crippen molar-refractivity contribution in [1.29, 1.82) is 0 Å². The van der Waals surface area contributed by atoms with Gasteiger partial charge in [-0.25, -0.2) is 9.67 Å². The van der Waals surface area contributed by atoms with Crippen LogP contribution < -0.4 is 5.32 Å². The van der Waals surface area contributed by atoms with Crippen molar-refractivity contribution in [2.75, 3.05) is 32.7 Å². The molecule has 3 aromatic rings. The fourth-order valence-electron chi connectivity index (χ4n) is 3.45. The third-order valence-electron chi connectivity index (χ3n) is 5.05. The van der Waals surface area contributed by atoms with Gasteiger partial charge in [-0.05, 0) is 42.8 Å². The van der Waals surface area contributed by atoms with Crippen molar-refractivity contribution >= 4 is 35.8 Å². The molecule has 0 bridgehead atoms. The highest BCUT2D eigenvalue weighted by Gasteiger charge is 2.25. The van der Waals surface area contributed by atoms with Crippen LogP contribution in [0.25, 0.3) is 5.69 Å². The zero-order chi connectivity index (χ0) is 20.8. The lowest BCUT2D eigenvalue weighted by Gasteiger charge is -2.36. The Morgan fingerprint density at radius 2 is 1.84 bits per heavy atom. The maximum atomic E-state index is 12.4. The van der Waals surface area contributed by atoms with Crippen molar-refractivity contribution in [2.24, 2.45) is 4.99 Å². The van der Waals surface area contributed by atoms with E-state index in [1.165, 1.54) is 6.26 Å².